The van der Waals surface area contributed by atoms with Crippen LogP contribution in [0.25, 0.3) is 0 Å². The molecule has 0 spiro atoms. The zero-order valence-electron chi connectivity index (χ0n) is 10.7. The van der Waals surface area contributed by atoms with Crippen LogP contribution in [0.4, 0.5) is 0 Å². The zero-order chi connectivity index (χ0) is 16.2. The summed E-state index contributed by atoms with van der Waals surface area (Å²) in [7, 11) is 0. The quantitative estimate of drug-likeness (QED) is 0.259. The number of aliphatic hydroxyl groups is 3. The van der Waals surface area contributed by atoms with E-state index in [4.69, 9.17) is 15.9 Å². The lowest BCUT2D eigenvalue weighted by atomic mass is 10.1. The Balaban J connectivity index is 2.91. The normalized spacial score (nSPS) is 15.0. The Kier molecular flexibility index (Phi) is 5.61. The predicted molar refractivity (Wildman–Crippen MR) is 67.4 cm³/mol. The van der Waals surface area contributed by atoms with Crippen molar-refractivity contribution in [2.75, 3.05) is 6.54 Å². The van der Waals surface area contributed by atoms with Gasteiger partial charge >= 0.3 is 11.9 Å². The Morgan fingerprint density at radius 2 is 1.81 bits per heavy atom. The van der Waals surface area contributed by atoms with Gasteiger partial charge in [-0.1, -0.05) is 6.07 Å². The standard InChI is InChI=1S/C12H15NO8/c13-4-7(15)5-1-2-6(14)8(3-5)21-12(20)10(17)9(16)11(18)19/h1-3,7,9-10,14-17H,4,13H2,(H,18,19)/t7-,9+,10+/m0/s1. The van der Waals surface area contributed by atoms with Crippen LogP contribution in [-0.2, 0) is 9.59 Å². The fourth-order valence-corrected chi connectivity index (χ4v) is 1.39. The number of aromatic hydroxyl groups is 1. The van der Waals surface area contributed by atoms with E-state index in [0.717, 1.165) is 12.1 Å². The number of aliphatic hydroxyl groups excluding tert-OH is 3. The SMILES string of the molecule is NC[C@H](O)c1ccc(O)c(OC(=O)[C@H](O)[C@@H](O)C(=O)O)c1. The van der Waals surface area contributed by atoms with Gasteiger partial charge in [0.05, 0.1) is 6.10 Å². The van der Waals surface area contributed by atoms with Crippen molar-refractivity contribution in [3.05, 3.63) is 23.8 Å². The zero-order valence-corrected chi connectivity index (χ0v) is 10.7. The smallest absolute Gasteiger partial charge is 0.343 e. The van der Waals surface area contributed by atoms with Crippen molar-refractivity contribution in [2.24, 2.45) is 5.73 Å². The lowest BCUT2D eigenvalue weighted by Gasteiger charge is -2.15. The molecular weight excluding hydrogens is 286 g/mol. The minimum Gasteiger partial charge on any atom is -0.504 e. The van der Waals surface area contributed by atoms with E-state index in [1.807, 2.05) is 0 Å². The second-order valence-electron chi connectivity index (χ2n) is 4.13. The summed E-state index contributed by atoms with van der Waals surface area (Å²) in [6.45, 7) is -0.113. The summed E-state index contributed by atoms with van der Waals surface area (Å²) in [5.41, 5.74) is 5.50. The monoisotopic (exact) mass is 301 g/mol. The number of carbonyl (C=O) groups excluding carboxylic acids is 1. The highest BCUT2D eigenvalue weighted by atomic mass is 16.6. The molecule has 0 saturated carbocycles. The predicted octanol–water partition coefficient (Wildman–Crippen LogP) is -1.90. The van der Waals surface area contributed by atoms with Crippen LogP contribution in [0.5, 0.6) is 11.5 Å². The highest BCUT2D eigenvalue weighted by Crippen LogP contribution is 2.29. The van der Waals surface area contributed by atoms with Crippen LogP contribution in [0, 0.1) is 0 Å². The van der Waals surface area contributed by atoms with E-state index in [0.29, 0.717) is 0 Å². The van der Waals surface area contributed by atoms with Gasteiger partial charge < -0.3 is 36.0 Å². The molecule has 9 heteroatoms. The van der Waals surface area contributed by atoms with Crippen molar-refractivity contribution in [3.8, 4) is 11.5 Å². The number of nitrogens with two attached hydrogens (primary N) is 1. The molecule has 116 valence electrons. The van der Waals surface area contributed by atoms with Gasteiger partial charge in [0.15, 0.2) is 23.7 Å². The molecule has 1 aromatic carbocycles. The van der Waals surface area contributed by atoms with Crippen LogP contribution in [0.2, 0.25) is 0 Å². The number of ether oxygens (including phenoxy) is 1. The molecule has 0 radical (unpaired) electrons. The number of esters is 1. The van der Waals surface area contributed by atoms with Crippen LogP contribution in [0.3, 0.4) is 0 Å². The summed E-state index contributed by atoms with van der Waals surface area (Å²) in [6, 6.07) is 3.56. The second-order valence-corrected chi connectivity index (χ2v) is 4.13. The molecule has 0 aromatic heterocycles. The highest BCUT2D eigenvalue weighted by Gasteiger charge is 2.32. The molecule has 0 aliphatic heterocycles. The molecule has 0 aliphatic carbocycles. The van der Waals surface area contributed by atoms with E-state index in [9.17, 15) is 24.9 Å². The number of carbonyl (C=O) groups is 2. The first-order valence-corrected chi connectivity index (χ1v) is 5.79. The average molecular weight is 301 g/mol. The van der Waals surface area contributed by atoms with Crippen molar-refractivity contribution in [2.45, 2.75) is 18.3 Å². The Morgan fingerprint density at radius 1 is 1.19 bits per heavy atom. The van der Waals surface area contributed by atoms with Crippen LogP contribution < -0.4 is 10.5 Å². The topological polar surface area (TPSA) is 171 Å². The van der Waals surface area contributed by atoms with E-state index in [2.05, 4.69) is 4.74 Å². The van der Waals surface area contributed by atoms with Gasteiger partial charge in [-0.2, -0.15) is 0 Å². The molecule has 3 atom stereocenters. The number of carboxylic acids is 1. The molecule has 0 bridgehead atoms. The summed E-state index contributed by atoms with van der Waals surface area (Å²) in [6.07, 6.45) is -5.75. The maximum absolute atomic E-state index is 11.5. The van der Waals surface area contributed by atoms with Gasteiger partial charge in [0.1, 0.15) is 0 Å². The summed E-state index contributed by atoms with van der Waals surface area (Å²) in [5.74, 6) is -4.18. The third-order valence-electron chi connectivity index (χ3n) is 2.60. The fraction of sp³-hybridized carbons (Fsp3) is 0.333. The number of aliphatic carboxylic acids is 1. The van der Waals surface area contributed by atoms with E-state index in [1.54, 1.807) is 0 Å². The average Bonchev–Trinajstić information content (AvgIpc) is 2.46. The van der Waals surface area contributed by atoms with Crippen LogP contribution >= 0.6 is 0 Å². The number of rotatable bonds is 6. The molecule has 0 heterocycles. The molecule has 0 fully saturated rings. The number of phenolic OH excluding ortho intramolecular Hbond substituents is 1. The molecule has 1 rings (SSSR count). The third kappa shape index (κ3) is 4.13. The third-order valence-corrected chi connectivity index (χ3v) is 2.60. The molecule has 7 N–H and O–H groups in total. The lowest BCUT2D eigenvalue weighted by molar-refractivity contribution is -0.164. The Labute approximate surface area is 118 Å². The Bertz CT molecular complexity index is 532. The summed E-state index contributed by atoms with van der Waals surface area (Å²) < 4.78 is 4.60. The summed E-state index contributed by atoms with van der Waals surface area (Å²) in [4.78, 5) is 21.9. The maximum Gasteiger partial charge on any atom is 0.343 e. The van der Waals surface area contributed by atoms with Gasteiger partial charge in [-0.3, -0.25) is 0 Å². The van der Waals surface area contributed by atoms with Crippen molar-refractivity contribution in [1.29, 1.82) is 0 Å². The minimum atomic E-state index is -2.36. The Hall–Kier alpha value is -2.20. The highest BCUT2D eigenvalue weighted by molar-refractivity contribution is 5.85. The first-order chi connectivity index (χ1) is 9.77. The number of phenols is 1. The molecule has 1 aromatic rings. The molecule has 0 unspecified atom stereocenters. The largest absolute Gasteiger partial charge is 0.504 e. The summed E-state index contributed by atoms with van der Waals surface area (Å²) in [5, 5.41) is 45.8. The molecule has 9 nitrogen and oxygen atoms in total. The Morgan fingerprint density at radius 3 is 2.33 bits per heavy atom. The van der Waals surface area contributed by atoms with Gasteiger partial charge in [-0.15, -0.1) is 0 Å². The van der Waals surface area contributed by atoms with Gasteiger partial charge in [0, 0.05) is 6.54 Å². The molecule has 0 saturated heterocycles. The van der Waals surface area contributed by atoms with E-state index in [-0.39, 0.29) is 12.1 Å². The van der Waals surface area contributed by atoms with Crippen molar-refractivity contribution < 1.29 is 39.9 Å². The maximum atomic E-state index is 11.5. The van der Waals surface area contributed by atoms with Gasteiger partial charge in [-0.25, -0.2) is 9.59 Å². The number of hydrogen-bond acceptors (Lipinski definition) is 8. The lowest BCUT2D eigenvalue weighted by Crippen LogP contribution is -2.41. The molecule has 0 aliphatic rings. The van der Waals surface area contributed by atoms with E-state index in [1.165, 1.54) is 6.07 Å². The van der Waals surface area contributed by atoms with Gasteiger partial charge in [0.2, 0.25) is 0 Å². The van der Waals surface area contributed by atoms with Crippen molar-refractivity contribution in [1.82, 2.24) is 0 Å². The van der Waals surface area contributed by atoms with Crippen LogP contribution in [0.1, 0.15) is 11.7 Å². The van der Waals surface area contributed by atoms with Crippen LogP contribution in [-0.4, -0.2) is 56.2 Å². The first kappa shape index (κ1) is 16.9. The molecule has 21 heavy (non-hydrogen) atoms. The minimum absolute atomic E-state index is 0.113. The first-order valence-electron chi connectivity index (χ1n) is 5.79. The summed E-state index contributed by atoms with van der Waals surface area (Å²) >= 11 is 0. The second kappa shape index (κ2) is 6.99. The number of hydrogen-bond donors (Lipinski definition) is 6. The van der Waals surface area contributed by atoms with Crippen molar-refractivity contribution in [3.63, 3.8) is 0 Å². The van der Waals surface area contributed by atoms with Crippen LogP contribution in [0.15, 0.2) is 18.2 Å². The number of benzene rings is 1. The van der Waals surface area contributed by atoms with Gasteiger partial charge in [-0.05, 0) is 17.7 Å². The van der Waals surface area contributed by atoms with E-state index >= 15 is 0 Å². The van der Waals surface area contributed by atoms with Gasteiger partial charge in [0.25, 0.3) is 0 Å². The van der Waals surface area contributed by atoms with E-state index < -0.39 is 41.7 Å². The molecular formula is C12H15NO8. The molecule has 0 amide bonds. The van der Waals surface area contributed by atoms with Crippen molar-refractivity contribution >= 4 is 11.9 Å². The number of carboxylic acid groups (broad SMARTS) is 1. The fourth-order valence-electron chi connectivity index (χ4n) is 1.39.